The van der Waals surface area contributed by atoms with E-state index < -0.39 is 0 Å². The molecule has 4 nitrogen and oxygen atoms in total. The molecule has 4 rings (SSSR count). The highest BCUT2D eigenvalue weighted by Gasteiger charge is 2.29. The second-order valence-electron chi connectivity index (χ2n) is 5.97. The van der Waals surface area contributed by atoms with Crippen molar-refractivity contribution >= 4 is 11.4 Å². The molecule has 1 aliphatic carbocycles. The number of rotatable bonds is 1. The van der Waals surface area contributed by atoms with Gasteiger partial charge in [-0.3, -0.25) is 4.79 Å². The number of phenols is 3. The zero-order valence-corrected chi connectivity index (χ0v) is 13.2. The maximum Gasteiger partial charge on any atom is 0.197 e. The number of carbonyl (C=O) groups excluding carboxylic acids is 1. The summed E-state index contributed by atoms with van der Waals surface area (Å²) in [6, 6.07) is 14.8. The van der Waals surface area contributed by atoms with Gasteiger partial charge in [0.25, 0.3) is 0 Å². The third-order valence-electron chi connectivity index (χ3n) is 4.48. The first-order chi connectivity index (χ1) is 12.0. The van der Waals surface area contributed by atoms with Gasteiger partial charge in [0, 0.05) is 5.56 Å². The number of ketones is 1. The number of hydrogen-bond donors (Lipinski definition) is 3. The molecular formula is C21H14O4. The fourth-order valence-electron chi connectivity index (χ4n) is 3.20. The first-order valence-corrected chi connectivity index (χ1v) is 7.70. The minimum atomic E-state index is -0.255. The van der Waals surface area contributed by atoms with Gasteiger partial charge in [-0.25, -0.2) is 0 Å². The quantitative estimate of drug-likeness (QED) is 0.460. The van der Waals surface area contributed by atoms with Gasteiger partial charge < -0.3 is 15.3 Å². The Hall–Kier alpha value is -3.53. The summed E-state index contributed by atoms with van der Waals surface area (Å²) >= 11 is 0. The predicted octanol–water partition coefficient (Wildman–Crippen LogP) is 4.08. The van der Waals surface area contributed by atoms with Crippen LogP contribution in [-0.2, 0) is 0 Å². The topological polar surface area (TPSA) is 77.8 Å². The van der Waals surface area contributed by atoms with Gasteiger partial charge in [0.1, 0.15) is 5.75 Å². The molecule has 0 spiro atoms. The number of fused-ring (bicyclic) bond motifs is 2. The largest absolute Gasteiger partial charge is 0.507 e. The molecule has 0 heterocycles. The lowest BCUT2D eigenvalue weighted by molar-refractivity contribution is 0.103. The Kier molecular flexibility index (Phi) is 3.15. The van der Waals surface area contributed by atoms with Gasteiger partial charge >= 0.3 is 0 Å². The molecule has 0 saturated heterocycles. The van der Waals surface area contributed by atoms with Crippen LogP contribution in [0.5, 0.6) is 17.2 Å². The van der Waals surface area contributed by atoms with Gasteiger partial charge in [-0.05, 0) is 52.1 Å². The van der Waals surface area contributed by atoms with Gasteiger partial charge in [-0.1, -0.05) is 36.9 Å². The van der Waals surface area contributed by atoms with E-state index in [2.05, 4.69) is 6.58 Å². The molecule has 0 aliphatic heterocycles. The van der Waals surface area contributed by atoms with Crippen molar-refractivity contribution in [1.29, 1.82) is 0 Å². The molecule has 0 radical (unpaired) electrons. The van der Waals surface area contributed by atoms with Crippen LogP contribution in [0, 0.1) is 0 Å². The van der Waals surface area contributed by atoms with Crippen LogP contribution in [-0.4, -0.2) is 21.1 Å². The van der Waals surface area contributed by atoms with Crippen LogP contribution in [0.3, 0.4) is 0 Å². The van der Waals surface area contributed by atoms with Crippen LogP contribution in [0.2, 0.25) is 0 Å². The van der Waals surface area contributed by atoms with Crippen LogP contribution in [0.1, 0.15) is 27.0 Å². The molecule has 4 heteroatoms. The molecule has 0 amide bonds. The second-order valence-corrected chi connectivity index (χ2v) is 5.97. The van der Waals surface area contributed by atoms with Gasteiger partial charge in [-0.2, -0.15) is 0 Å². The fraction of sp³-hybridized carbons (Fsp3) is 0. The average molecular weight is 330 g/mol. The maximum atomic E-state index is 12.7. The number of carbonyl (C=O) groups is 1. The summed E-state index contributed by atoms with van der Waals surface area (Å²) in [6.45, 7) is 4.09. The van der Waals surface area contributed by atoms with E-state index in [1.807, 2.05) is 12.1 Å². The van der Waals surface area contributed by atoms with Crippen molar-refractivity contribution in [2.24, 2.45) is 0 Å². The van der Waals surface area contributed by atoms with Crippen molar-refractivity contribution in [3.05, 3.63) is 83.4 Å². The van der Waals surface area contributed by atoms with Crippen molar-refractivity contribution < 1.29 is 20.1 Å². The molecule has 0 saturated carbocycles. The molecule has 0 bridgehead atoms. The average Bonchev–Trinajstić information content (AvgIpc) is 2.61. The Morgan fingerprint density at radius 3 is 2.08 bits per heavy atom. The summed E-state index contributed by atoms with van der Waals surface area (Å²) in [5, 5.41) is 29.6. The Morgan fingerprint density at radius 2 is 1.36 bits per heavy atom. The minimum absolute atomic E-state index is 0.138. The van der Waals surface area contributed by atoms with Crippen LogP contribution >= 0.6 is 0 Å². The summed E-state index contributed by atoms with van der Waals surface area (Å²) in [4.78, 5) is 12.7. The molecule has 3 N–H and O–H groups in total. The third-order valence-corrected chi connectivity index (χ3v) is 4.48. The normalized spacial score (nSPS) is 12.6. The third kappa shape index (κ3) is 2.19. The lowest BCUT2D eigenvalue weighted by Crippen LogP contribution is -2.14. The molecule has 3 aromatic carbocycles. The predicted molar refractivity (Wildman–Crippen MR) is 94.9 cm³/mol. The fourth-order valence-corrected chi connectivity index (χ4v) is 3.20. The van der Waals surface area contributed by atoms with Crippen molar-refractivity contribution in [3.63, 3.8) is 0 Å². The highest BCUT2D eigenvalue weighted by Crippen LogP contribution is 2.42. The van der Waals surface area contributed by atoms with E-state index in [4.69, 9.17) is 0 Å². The molecule has 122 valence electrons. The first-order valence-electron chi connectivity index (χ1n) is 7.70. The molecule has 3 aromatic rings. The summed E-state index contributed by atoms with van der Waals surface area (Å²) in [5.41, 5.74) is 3.93. The smallest absolute Gasteiger partial charge is 0.197 e. The van der Waals surface area contributed by atoms with Crippen LogP contribution in [0.25, 0.3) is 16.7 Å². The highest BCUT2D eigenvalue weighted by molar-refractivity contribution is 6.20. The molecular weight excluding hydrogens is 316 g/mol. The number of hydrogen-bond acceptors (Lipinski definition) is 4. The Balaban J connectivity index is 1.94. The SMILES string of the molecule is C=C1c2ccccc2C(=O)c2c(O)cc(-c3ccc(O)c(O)c3)cc21. The van der Waals surface area contributed by atoms with E-state index in [1.165, 1.54) is 18.2 Å². The van der Waals surface area contributed by atoms with E-state index in [9.17, 15) is 20.1 Å². The van der Waals surface area contributed by atoms with Crippen molar-refractivity contribution in [2.75, 3.05) is 0 Å². The number of aromatic hydroxyl groups is 3. The zero-order valence-electron chi connectivity index (χ0n) is 13.2. The van der Waals surface area contributed by atoms with Gasteiger partial charge in [0.15, 0.2) is 17.3 Å². The molecule has 0 aromatic heterocycles. The Labute approximate surface area is 143 Å². The lowest BCUT2D eigenvalue weighted by Gasteiger charge is -2.22. The Morgan fingerprint density at radius 1 is 0.680 bits per heavy atom. The summed E-state index contributed by atoms with van der Waals surface area (Å²) in [6.07, 6.45) is 0. The van der Waals surface area contributed by atoms with Crippen molar-refractivity contribution in [1.82, 2.24) is 0 Å². The van der Waals surface area contributed by atoms with Crippen molar-refractivity contribution in [3.8, 4) is 28.4 Å². The standard InChI is InChI=1S/C21H14O4/c1-11-14-4-2-3-5-15(14)21(25)20-16(11)8-13(10-19(20)24)12-6-7-17(22)18(23)9-12/h2-10,22-24H,1H2. The van der Waals surface area contributed by atoms with E-state index in [0.29, 0.717) is 27.8 Å². The van der Waals surface area contributed by atoms with Gasteiger partial charge in [0.05, 0.1) is 5.56 Å². The first kappa shape index (κ1) is 15.0. The van der Waals surface area contributed by atoms with Crippen LogP contribution in [0.4, 0.5) is 0 Å². The minimum Gasteiger partial charge on any atom is -0.507 e. The van der Waals surface area contributed by atoms with Gasteiger partial charge in [-0.15, -0.1) is 0 Å². The second kappa shape index (κ2) is 5.24. The Bertz CT molecular complexity index is 1060. The molecule has 0 atom stereocenters. The van der Waals surface area contributed by atoms with Crippen LogP contribution < -0.4 is 0 Å². The number of phenolic OH excluding ortho intramolecular Hbond substituents is 3. The van der Waals surface area contributed by atoms with Gasteiger partial charge in [0.2, 0.25) is 0 Å². The lowest BCUT2D eigenvalue weighted by atomic mass is 9.80. The monoisotopic (exact) mass is 330 g/mol. The molecule has 0 fully saturated rings. The van der Waals surface area contributed by atoms with E-state index in [0.717, 1.165) is 5.56 Å². The summed E-state index contributed by atoms with van der Waals surface area (Å²) < 4.78 is 0. The summed E-state index contributed by atoms with van der Waals surface area (Å²) in [7, 11) is 0. The van der Waals surface area contributed by atoms with Crippen LogP contribution in [0.15, 0.2) is 61.2 Å². The molecule has 25 heavy (non-hydrogen) atoms. The van der Waals surface area contributed by atoms with E-state index in [1.54, 1.807) is 24.3 Å². The zero-order chi connectivity index (χ0) is 17.7. The van der Waals surface area contributed by atoms with E-state index in [-0.39, 0.29) is 28.6 Å². The molecule has 0 unspecified atom stereocenters. The highest BCUT2D eigenvalue weighted by atomic mass is 16.3. The number of benzene rings is 3. The summed E-state index contributed by atoms with van der Waals surface area (Å²) in [5.74, 6) is -0.856. The maximum absolute atomic E-state index is 12.7. The molecule has 1 aliphatic rings. The van der Waals surface area contributed by atoms with Crippen molar-refractivity contribution in [2.45, 2.75) is 0 Å². The van der Waals surface area contributed by atoms with E-state index >= 15 is 0 Å².